The first-order chi connectivity index (χ1) is 15.8. The maximum atomic E-state index is 13.1. The van der Waals surface area contributed by atoms with Crippen LogP contribution in [0.4, 0.5) is 0 Å². The number of nitriles is 1. The molecular formula is C27H36N2O4. The second kappa shape index (κ2) is 12.8. The van der Waals surface area contributed by atoms with E-state index in [0.29, 0.717) is 29.3 Å². The van der Waals surface area contributed by atoms with Gasteiger partial charge in [0.1, 0.15) is 11.6 Å². The second-order valence-corrected chi connectivity index (χ2v) is 8.81. The average molecular weight is 453 g/mol. The number of carbonyl (C=O) groups is 2. The molecule has 2 amide bonds. The van der Waals surface area contributed by atoms with Crippen molar-refractivity contribution in [2.75, 3.05) is 20.3 Å². The summed E-state index contributed by atoms with van der Waals surface area (Å²) in [6.07, 6.45) is 8.85. The molecule has 1 aliphatic rings. The highest BCUT2D eigenvalue weighted by atomic mass is 16.5. The van der Waals surface area contributed by atoms with E-state index in [2.05, 4.69) is 6.92 Å². The van der Waals surface area contributed by atoms with Crippen molar-refractivity contribution in [3.05, 3.63) is 40.5 Å². The van der Waals surface area contributed by atoms with Crippen LogP contribution in [0.3, 0.4) is 0 Å². The van der Waals surface area contributed by atoms with E-state index >= 15 is 0 Å². The van der Waals surface area contributed by atoms with Crippen LogP contribution in [-0.2, 0) is 9.59 Å². The van der Waals surface area contributed by atoms with Crippen LogP contribution in [0.25, 0.3) is 6.08 Å². The Labute approximate surface area is 197 Å². The van der Waals surface area contributed by atoms with Gasteiger partial charge in [-0.25, -0.2) is 0 Å². The van der Waals surface area contributed by atoms with Gasteiger partial charge in [0.05, 0.1) is 13.7 Å². The summed E-state index contributed by atoms with van der Waals surface area (Å²) in [7, 11) is 1.58. The Kier molecular flexibility index (Phi) is 10.2. The fraction of sp³-hybridized carbons (Fsp3) is 0.519. The van der Waals surface area contributed by atoms with E-state index < -0.39 is 5.91 Å². The summed E-state index contributed by atoms with van der Waals surface area (Å²) in [5.41, 5.74) is 1.48. The van der Waals surface area contributed by atoms with Crippen molar-refractivity contribution in [3.8, 4) is 17.6 Å². The lowest BCUT2D eigenvalue weighted by Crippen LogP contribution is -2.44. The molecule has 0 fully saturated rings. The van der Waals surface area contributed by atoms with Crippen LogP contribution >= 0.6 is 0 Å². The molecule has 0 aliphatic carbocycles. The zero-order valence-corrected chi connectivity index (χ0v) is 20.6. The third-order valence-electron chi connectivity index (χ3n) is 5.63. The Balaban J connectivity index is 2.21. The first-order valence-electron chi connectivity index (χ1n) is 11.8. The topological polar surface area (TPSA) is 79.6 Å². The monoisotopic (exact) mass is 452 g/mol. The largest absolute Gasteiger partial charge is 0.493 e. The molecule has 0 unspecified atom stereocenters. The molecule has 0 saturated carbocycles. The summed E-state index contributed by atoms with van der Waals surface area (Å²) in [5.74, 6) is 0.427. The lowest BCUT2D eigenvalue weighted by Gasteiger charge is -2.28. The smallest absolute Gasteiger partial charge is 0.271 e. The number of imide groups is 1. The standard InChI is InChI=1S/C27H36N2O4/c1-6-7-8-9-10-11-14-33-24-13-12-21(16-25(24)32-5)15-22-20(4)23(17-28)27(31)29(26(22)30)18-19(2)3/h12-13,15-16,19H,6-11,14,18H2,1-5H3/b22-15+. The van der Waals surface area contributed by atoms with Crippen molar-refractivity contribution >= 4 is 17.9 Å². The zero-order chi connectivity index (χ0) is 24.4. The van der Waals surface area contributed by atoms with Crippen molar-refractivity contribution in [2.24, 2.45) is 5.92 Å². The van der Waals surface area contributed by atoms with Crippen molar-refractivity contribution in [1.82, 2.24) is 4.90 Å². The van der Waals surface area contributed by atoms with Gasteiger partial charge in [0.2, 0.25) is 0 Å². The third kappa shape index (κ3) is 6.95. The number of carbonyl (C=O) groups excluding carboxylic acids is 2. The number of ether oxygens (including phenoxy) is 2. The van der Waals surface area contributed by atoms with E-state index in [4.69, 9.17) is 9.47 Å². The molecule has 1 aromatic carbocycles. The Morgan fingerprint density at radius 2 is 1.76 bits per heavy atom. The molecule has 0 N–H and O–H groups in total. The van der Waals surface area contributed by atoms with Crippen LogP contribution < -0.4 is 9.47 Å². The van der Waals surface area contributed by atoms with Gasteiger partial charge in [-0.2, -0.15) is 5.26 Å². The Bertz CT molecular complexity index is 953. The summed E-state index contributed by atoms with van der Waals surface area (Å²) < 4.78 is 11.4. The minimum Gasteiger partial charge on any atom is -0.493 e. The van der Waals surface area contributed by atoms with Gasteiger partial charge < -0.3 is 9.47 Å². The zero-order valence-electron chi connectivity index (χ0n) is 20.6. The number of hydrogen-bond acceptors (Lipinski definition) is 5. The van der Waals surface area contributed by atoms with E-state index in [1.165, 1.54) is 25.7 Å². The van der Waals surface area contributed by atoms with E-state index in [9.17, 15) is 14.9 Å². The molecule has 6 heteroatoms. The lowest BCUT2D eigenvalue weighted by molar-refractivity contribution is -0.141. The van der Waals surface area contributed by atoms with Crippen molar-refractivity contribution in [1.29, 1.82) is 5.26 Å². The molecule has 0 spiro atoms. The third-order valence-corrected chi connectivity index (χ3v) is 5.63. The predicted octanol–water partition coefficient (Wildman–Crippen LogP) is 5.68. The Morgan fingerprint density at radius 1 is 1.06 bits per heavy atom. The van der Waals surface area contributed by atoms with E-state index in [1.54, 1.807) is 26.2 Å². The number of amides is 2. The van der Waals surface area contributed by atoms with Crippen LogP contribution in [0.2, 0.25) is 0 Å². The number of benzene rings is 1. The molecule has 0 saturated heterocycles. The highest BCUT2D eigenvalue weighted by Gasteiger charge is 2.35. The molecule has 1 heterocycles. The summed E-state index contributed by atoms with van der Waals surface area (Å²) >= 11 is 0. The van der Waals surface area contributed by atoms with Gasteiger partial charge in [-0.05, 0) is 48.6 Å². The van der Waals surface area contributed by atoms with E-state index in [-0.39, 0.29) is 23.9 Å². The molecule has 33 heavy (non-hydrogen) atoms. The van der Waals surface area contributed by atoms with Crippen LogP contribution in [-0.4, -0.2) is 37.0 Å². The molecule has 1 aliphatic heterocycles. The molecular weight excluding hydrogens is 416 g/mol. The number of rotatable bonds is 12. The fourth-order valence-electron chi connectivity index (χ4n) is 3.79. The number of hydrogen-bond donors (Lipinski definition) is 0. The predicted molar refractivity (Wildman–Crippen MR) is 130 cm³/mol. The van der Waals surface area contributed by atoms with Crippen molar-refractivity contribution in [2.45, 2.75) is 66.2 Å². The van der Waals surface area contributed by atoms with Crippen molar-refractivity contribution in [3.63, 3.8) is 0 Å². The normalized spacial score (nSPS) is 15.4. The molecule has 0 radical (unpaired) electrons. The van der Waals surface area contributed by atoms with Gasteiger partial charge in [0, 0.05) is 12.1 Å². The SMILES string of the molecule is CCCCCCCCOc1ccc(/C=C2/C(=O)N(CC(C)C)C(=O)C(C#N)=C2C)cc1OC. The molecule has 0 atom stereocenters. The highest BCUT2D eigenvalue weighted by Crippen LogP contribution is 2.32. The summed E-state index contributed by atoms with van der Waals surface area (Å²) in [5, 5.41) is 9.51. The molecule has 1 aromatic rings. The number of unbranched alkanes of at least 4 members (excludes halogenated alkanes) is 5. The van der Waals surface area contributed by atoms with Crippen LogP contribution in [0.1, 0.15) is 71.8 Å². The van der Waals surface area contributed by atoms with Crippen molar-refractivity contribution < 1.29 is 19.1 Å². The highest BCUT2D eigenvalue weighted by molar-refractivity contribution is 6.19. The van der Waals surface area contributed by atoms with Gasteiger partial charge in [-0.15, -0.1) is 0 Å². The summed E-state index contributed by atoms with van der Waals surface area (Å²) in [4.78, 5) is 26.9. The lowest BCUT2D eigenvalue weighted by atomic mass is 9.93. The Hall–Kier alpha value is -3.07. The second-order valence-electron chi connectivity index (χ2n) is 8.81. The summed E-state index contributed by atoms with van der Waals surface area (Å²) in [6.45, 7) is 8.59. The van der Waals surface area contributed by atoms with Gasteiger partial charge in [0.15, 0.2) is 11.5 Å². The maximum Gasteiger partial charge on any atom is 0.271 e. The van der Waals surface area contributed by atoms with Gasteiger partial charge in [-0.1, -0.05) is 58.9 Å². The first-order valence-corrected chi connectivity index (χ1v) is 11.8. The fourth-order valence-corrected chi connectivity index (χ4v) is 3.79. The maximum absolute atomic E-state index is 13.1. The molecule has 6 nitrogen and oxygen atoms in total. The van der Waals surface area contributed by atoms with Gasteiger partial charge >= 0.3 is 0 Å². The molecule has 0 aromatic heterocycles. The molecule has 178 valence electrons. The minimum absolute atomic E-state index is 0.00681. The first kappa shape index (κ1) is 26.2. The van der Waals surface area contributed by atoms with Crippen LogP contribution in [0.15, 0.2) is 34.9 Å². The van der Waals surface area contributed by atoms with Gasteiger partial charge in [-0.3, -0.25) is 14.5 Å². The number of nitrogens with zero attached hydrogens (tertiary/aromatic N) is 2. The Morgan fingerprint density at radius 3 is 2.39 bits per heavy atom. The quantitative estimate of drug-likeness (QED) is 0.231. The van der Waals surface area contributed by atoms with E-state index in [0.717, 1.165) is 23.3 Å². The summed E-state index contributed by atoms with van der Waals surface area (Å²) in [6, 6.07) is 7.45. The van der Waals surface area contributed by atoms with Crippen LogP contribution in [0, 0.1) is 17.2 Å². The number of methoxy groups -OCH3 is 1. The van der Waals surface area contributed by atoms with Gasteiger partial charge in [0.25, 0.3) is 11.8 Å². The molecule has 0 bridgehead atoms. The van der Waals surface area contributed by atoms with Crippen LogP contribution in [0.5, 0.6) is 11.5 Å². The average Bonchev–Trinajstić information content (AvgIpc) is 2.79. The minimum atomic E-state index is -0.526. The molecule has 2 rings (SSSR count). The van der Waals surface area contributed by atoms with E-state index in [1.807, 2.05) is 32.0 Å².